The van der Waals surface area contributed by atoms with Crippen LogP contribution in [-0.2, 0) is 4.74 Å². The van der Waals surface area contributed by atoms with E-state index in [2.05, 4.69) is 32.2 Å². The van der Waals surface area contributed by atoms with E-state index in [1.807, 2.05) is 54.4 Å². The fourth-order valence-corrected chi connectivity index (χ4v) is 4.95. The van der Waals surface area contributed by atoms with Crippen molar-refractivity contribution < 1.29 is 14.2 Å². The number of nitrogens with one attached hydrogen (secondary N) is 2. The van der Waals surface area contributed by atoms with E-state index >= 15 is 0 Å². The Morgan fingerprint density at radius 1 is 1.11 bits per heavy atom. The van der Waals surface area contributed by atoms with Crippen molar-refractivity contribution in [2.45, 2.75) is 0 Å². The van der Waals surface area contributed by atoms with Gasteiger partial charge in [-0.05, 0) is 23.8 Å². The number of nitrogens with zero attached hydrogens (tertiary/aromatic N) is 5. The van der Waals surface area contributed by atoms with Gasteiger partial charge in [0, 0.05) is 56.6 Å². The minimum atomic E-state index is 0.453. The molecule has 5 rings (SSSR count). The van der Waals surface area contributed by atoms with E-state index < -0.39 is 0 Å². The number of thiazole rings is 1. The van der Waals surface area contributed by atoms with Crippen molar-refractivity contribution in [3.8, 4) is 27.8 Å². The first-order valence-electron chi connectivity index (χ1n) is 12.3. The van der Waals surface area contributed by atoms with Crippen molar-refractivity contribution in [2.75, 3.05) is 63.8 Å². The summed E-state index contributed by atoms with van der Waals surface area (Å²) < 4.78 is 18.1. The van der Waals surface area contributed by atoms with E-state index in [4.69, 9.17) is 19.2 Å². The van der Waals surface area contributed by atoms with Gasteiger partial charge in [0.05, 0.1) is 48.9 Å². The topological polar surface area (TPSA) is 98.6 Å². The number of piperazine rings is 1. The second-order valence-electron chi connectivity index (χ2n) is 8.63. The van der Waals surface area contributed by atoms with Gasteiger partial charge < -0.3 is 29.7 Å². The highest BCUT2D eigenvalue weighted by atomic mass is 32.1. The predicted octanol–water partition coefficient (Wildman–Crippen LogP) is 3.92. The Morgan fingerprint density at radius 3 is 2.79 bits per heavy atom. The summed E-state index contributed by atoms with van der Waals surface area (Å²) in [6.45, 7) is 9.01. The molecule has 1 saturated heterocycles. The summed E-state index contributed by atoms with van der Waals surface area (Å²) in [4.78, 5) is 11.4. The van der Waals surface area contributed by atoms with Crippen LogP contribution in [-0.4, -0.2) is 73.4 Å². The SMILES string of the molecule is C=C(Nc1cnccc1N1CCNCC1)c1csc(-n2cc(-c3ccc(OCCOC)c(OC)c3)cn2)n1. The summed E-state index contributed by atoms with van der Waals surface area (Å²) in [6, 6.07) is 7.85. The number of methoxy groups -OCH3 is 2. The largest absolute Gasteiger partial charge is 0.493 e. The Bertz CT molecular complexity index is 1380. The Hall–Kier alpha value is -3.93. The van der Waals surface area contributed by atoms with Gasteiger partial charge in [0.1, 0.15) is 6.61 Å². The minimum absolute atomic E-state index is 0.453. The number of aromatic nitrogens is 4. The normalized spacial score (nSPS) is 13.4. The molecule has 0 saturated carbocycles. The van der Waals surface area contributed by atoms with Crippen LogP contribution in [0.2, 0.25) is 0 Å². The van der Waals surface area contributed by atoms with Crippen LogP contribution in [0.4, 0.5) is 11.4 Å². The van der Waals surface area contributed by atoms with Crippen LogP contribution in [0, 0.1) is 0 Å². The molecule has 1 aliphatic rings. The first kappa shape index (κ1) is 25.7. The lowest BCUT2D eigenvalue weighted by Crippen LogP contribution is -2.43. The summed E-state index contributed by atoms with van der Waals surface area (Å²) in [5.74, 6) is 1.32. The molecule has 1 aromatic carbocycles. The highest BCUT2D eigenvalue weighted by molar-refractivity contribution is 7.12. The summed E-state index contributed by atoms with van der Waals surface area (Å²) in [5.41, 5.74) is 5.40. The predicted molar refractivity (Wildman–Crippen MR) is 151 cm³/mol. The molecule has 0 atom stereocenters. The zero-order valence-electron chi connectivity index (χ0n) is 21.5. The Balaban J connectivity index is 1.29. The third-order valence-electron chi connectivity index (χ3n) is 6.16. The number of rotatable bonds is 11. The molecule has 4 aromatic rings. The standard InChI is InChI=1S/C27H31N7O3S/c1-19(31-22-16-29-7-6-24(22)33-10-8-28-9-11-33)23-18-38-27(32-23)34-17-21(15-30-34)20-4-5-25(26(14-20)36-3)37-13-12-35-2/h4-7,14-18,28,31H,1,8-13H2,2-3H3. The molecule has 4 heterocycles. The van der Waals surface area contributed by atoms with Crippen molar-refractivity contribution >= 4 is 28.4 Å². The Morgan fingerprint density at radius 2 is 1.97 bits per heavy atom. The summed E-state index contributed by atoms with van der Waals surface area (Å²) >= 11 is 1.50. The van der Waals surface area contributed by atoms with E-state index in [1.54, 1.807) is 18.9 Å². The van der Waals surface area contributed by atoms with Gasteiger partial charge >= 0.3 is 0 Å². The number of ether oxygens (including phenoxy) is 3. The third kappa shape index (κ3) is 5.80. The molecular formula is C27H31N7O3S. The Kier molecular flexibility index (Phi) is 8.17. The van der Waals surface area contributed by atoms with E-state index in [-0.39, 0.29) is 0 Å². The molecule has 198 valence electrons. The molecule has 2 N–H and O–H groups in total. The van der Waals surface area contributed by atoms with Crippen molar-refractivity contribution in [2.24, 2.45) is 0 Å². The molecule has 1 aliphatic heterocycles. The van der Waals surface area contributed by atoms with Gasteiger partial charge in [0.25, 0.3) is 0 Å². The van der Waals surface area contributed by atoms with E-state index in [9.17, 15) is 0 Å². The van der Waals surface area contributed by atoms with Crippen LogP contribution in [0.25, 0.3) is 22.0 Å². The molecule has 1 fully saturated rings. The van der Waals surface area contributed by atoms with Gasteiger partial charge in [-0.1, -0.05) is 12.6 Å². The average molecular weight is 534 g/mol. The first-order chi connectivity index (χ1) is 18.7. The lowest BCUT2D eigenvalue weighted by Gasteiger charge is -2.31. The van der Waals surface area contributed by atoms with E-state index in [1.165, 1.54) is 11.3 Å². The monoisotopic (exact) mass is 533 g/mol. The van der Waals surface area contributed by atoms with Crippen LogP contribution in [0.5, 0.6) is 11.5 Å². The second-order valence-corrected chi connectivity index (χ2v) is 9.47. The van der Waals surface area contributed by atoms with Crippen molar-refractivity contribution in [3.63, 3.8) is 0 Å². The van der Waals surface area contributed by atoms with Gasteiger partial charge in [-0.2, -0.15) is 5.10 Å². The fourth-order valence-electron chi connectivity index (χ4n) is 4.18. The van der Waals surface area contributed by atoms with Crippen LogP contribution in [0.1, 0.15) is 5.69 Å². The zero-order valence-corrected chi connectivity index (χ0v) is 22.3. The molecular weight excluding hydrogens is 502 g/mol. The lowest BCUT2D eigenvalue weighted by molar-refractivity contribution is 0.144. The van der Waals surface area contributed by atoms with Gasteiger partial charge in [-0.15, -0.1) is 11.3 Å². The van der Waals surface area contributed by atoms with Crippen LogP contribution < -0.4 is 25.0 Å². The maximum atomic E-state index is 5.74. The maximum Gasteiger partial charge on any atom is 0.210 e. The third-order valence-corrected chi connectivity index (χ3v) is 6.99. The van der Waals surface area contributed by atoms with Crippen molar-refractivity contribution in [1.29, 1.82) is 0 Å². The minimum Gasteiger partial charge on any atom is -0.493 e. The lowest BCUT2D eigenvalue weighted by atomic mass is 10.1. The number of benzene rings is 1. The highest BCUT2D eigenvalue weighted by Crippen LogP contribution is 2.33. The summed E-state index contributed by atoms with van der Waals surface area (Å²) in [6.07, 6.45) is 7.41. The van der Waals surface area contributed by atoms with Gasteiger partial charge in [0.15, 0.2) is 11.5 Å². The number of hydrogen-bond acceptors (Lipinski definition) is 10. The number of pyridine rings is 1. The van der Waals surface area contributed by atoms with Gasteiger partial charge in [-0.25, -0.2) is 9.67 Å². The molecule has 0 amide bonds. The van der Waals surface area contributed by atoms with Crippen LogP contribution >= 0.6 is 11.3 Å². The molecule has 0 spiro atoms. The van der Waals surface area contributed by atoms with Gasteiger partial charge in [-0.3, -0.25) is 4.98 Å². The van der Waals surface area contributed by atoms with Gasteiger partial charge in [0.2, 0.25) is 5.13 Å². The summed E-state index contributed by atoms with van der Waals surface area (Å²) in [5, 5.41) is 14.1. The molecule has 0 bridgehead atoms. The quantitative estimate of drug-likeness (QED) is 0.278. The highest BCUT2D eigenvalue weighted by Gasteiger charge is 2.16. The molecule has 0 unspecified atom stereocenters. The zero-order chi connectivity index (χ0) is 26.3. The molecule has 11 heteroatoms. The number of hydrogen-bond donors (Lipinski definition) is 2. The smallest absolute Gasteiger partial charge is 0.210 e. The van der Waals surface area contributed by atoms with Crippen LogP contribution in [0.3, 0.4) is 0 Å². The van der Waals surface area contributed by atoms with E-state index in [0.717, 1.165) is 59.5 Å². The molecule has 0 aliphatic carbocycles. The average Bonchev–Trinajstić information content (AvgIpc) is 3.65. The van der Waals surface area contributed by atoms with Crippen molar-refractivity contribution in [3.05, 3.63) is 66.7 Å². The molecule has 38 heavy (non-hydrogen) atoms. The molecule has 3 aromatic heterocycles. The van der Waals surface area contributed by atoms with Crippen LogP contribution in [0.15, 0.2) is 61.0 Å². The maximum absolute atomic E-state index is 5.74. The second kappa shape index (κ2) is 12.1. The fraction of sp³-hybridized carbons (Fsp3) is 0.296. The first-order valence-corrected chi connectivity index (χ1v) is 13.2. The molecule has 0 radical (unpaired) electrons. The van der Waals surface area contributed by atoms with Crippen molar-refractivity contribution in [1.82, 2.24) is 25.1 Å². The Labute approximate surface area is 225 Å². The molecule has 10 nitrogen and oxygen atoms in total. The van der Waals surface area contributed by atoms with E-state index in [0.29, 0.717) is 30.4 Å². The summed E-state index contributed by atoms with van der Waals surface area (Å²) in [7, 11) is 3.27. The number of anilines is 2.